The van der Waals surface area contributed by atoms with Crippen molar-refractivity contribution in [2.24, 2.45) is 5.92 Å². The lowest BCUT2D eigenvalue weighted by atomic mass is 9.66. The van der Waals surface area contributed by atoms with Gasteiger partial charge < -0.3 is 14.9 Å². The van der Waals surface area contributed by atoms with Gasteiger partial charge in [-0.2, -0.15) is 0 Å². The summed E-state index contributed by atoms with van der Waals surface area (Å²) < 4.78 is 6.47. The molecule has 3 rings (SSSR count). The lowest BCUT2D eigenvalue weighted by molar-refractivity contribution is 0.00662. The van der Waals surface area contributed by atoms with E-state index in [4.69, 9.17) is 4.74 Å². The number of aliphatic hydroxyl groups excluding tert-OH is 1. The standard InChI is InChI=1S/C25H38O3/c1-6-7-8-9-12-24(2,3)18-14-21(27)23-19-13-17(16-26)10-11-20(19)25(4,5)28-22(23)15-18/h10,14-15,19-20,26-27H,6-9,11-13,16H2,1-5H3/t19-,20?/m0/s1. The van der Waals surface area contributed by atoms with E-state index in [0.29, 0.717) is 11.7 Å². The summed E-state index contributed by atoms with van der Waals surface area (Å²) in [7, 11) is 0. The molecule has 0 saturated heterocycles. The third kappa shape index (κ3) is 4.10. The molecule has 2 atom stereocenters. The highest BCUT2D eigenvalue weighted by molar-refractivity contribution is 5.54. The molecule has 1 aliphatic heterocycles. The Morgan fingerprint density at radius 2 is 1.93 bits per heavy atom. The summed E-state index contributed by atoms with van der Waals surface area (Å²) in [5.41, 5.74) is 2.89. The Labute approximate surface area is 170 Å². The second kappa shape index (κ2) is 8.10. The molecule has 0 amide bonds. The molecule has 1 aliphatic carbocycles. The van der Waals surface area contributed by atoms with Gasteiger partial charge in [0.25, 0.3) is 0 Å². The monoisotopic (exact) mass is 386 g/mol. The van der Waals surface area contributed by atoms with Crippen LogP contribution >= 0.6 is 0 Å². The highest BCUT2D eigenvalue weighted by Gasteiger charge is 2.46. The van der Waals surface area contributed by atoms with Gasteiger partial charge in [0.15, 0.2) is 0 Å². The fraction of sp³-hybridized carbons (Fsp3) is 0.680. The average Bonchev–Trinajstić information content (AvgIpc) is 2.63. The number of aromatic hydroxyl groups is 1. The largest absolute Gasteiger partial charge is 0.508 e. The molecule has 0 spiro atoms. The van der Waals surface area contributed by atoms with Crippen molar-refractivity contribution in [3.63, 3.8) is 0 Å². The molecular formula is C25H38O3. The zero-order valence-corrected chi connectivity index (χ0v) is 18.3. The fourth-order valence-electron chi connectivity index (χ4n) is 5.12. The number of hydrogen-bond donors (Lipinski definition) is 2. The van der Waals surface area contributed by atoms with Gasteiger partial charge in [-0.05, 0) is 61.8 Å². The lowest BCUT2D eigenvalue weighted by Crippen LogP contribution is -2.45. The van der Waals surface area contributed by atoms with Crippen LogP contribution < -0.4 is 4.74 Å². The highest BCUT2D eigenvalue weighted by Crippen LogP contribution is 2.54. The first-order valence-electron chi connectivity index (χ1n) is 11.0. The number of hydrogen-bond acceptors (Lipinski definition) is 3. The number of benzene rings is 1. The third-order valence-electron chi connectivity index (χ3n) is 7.03. The van der Waals surface area contributed by atoms with Gasteiger partial charge in [-0.3, -0.25) is 0 Å². The molecule has 28 heavy (non-hydrogen) atoms. The van der Waals surface area contributed by atoms with Crippen LogP contribution in [0.5, 0.6) is 11.5 Å². The predicted molar refractivity (Wildman–Crippen MR) is 115 cm³/mol. The van der Waals surface area contributed by atoms with E-state index in [9.17, 15) is 10.2 Å². The van der Waals surface area contributed by atoms with E-state index in [-0.39, 0.29) is 23.5 Å². The summed E-state index contributed by atoms with van der Waals surface area (Å²) in [4.78, 5) is 0. The summed E-state index contributed by atoms with van der Waals surface area (Å²) in [5.74, 6) is 1.71. The van der Waals surface area contributed by atoms with Crippen molar-refractivity contribution in [2.45, 2.75) is 96.5 Å². The zero-order valence-electron chi connectivity index (χ0n) is 18.3. The maximum atomic E-state index is 11.0. The molecule has 3 heteroatoms. The first-order chi connectivity index (χ1) is 13.2. The number of phenolic OH excluding ortho intramolecular Hbond substituents is 1. The number of fused-ring (bicyclic) bond motifs is 3. The SMILES string of the molecule is CCCCCCC(C)(C)c1cc(O)c2c(c1)OC(C)(C)C1CC=C(CO)C[C@H]21. The summed E-state index contributed by atoms with van der Waals surface area (Å²) in [6, 6.07) is 4.14. The molecule has 0 saturated carbocycles. The molecule has 0 fully saturated rings. The van der Waals surface area contributed by atoms with Gasteiger partial charge in [0.1, 0.15) is 17.1 Å². The molecular weight excluding hydrogens is 348 g/mol. The molecule has 1 aromatic rings. The predicted octanol–water partition coefficient (Wildman–Crippen LogP) is 6.22. The van der Waals surface area contributed by atoms with E-state index in [1.165, 1.54) is 25.7 Å². The minimum absolute atomic E-state index is 0.00727. The van der Waals surface area contributed by atoms with Crippen LogP contribution in [-0.4, -0.2) is 22.4 Å². The second-order valence-corrected chi connectivity index (χ2v) is 9.98. The smallest absolute Gasteiger partial charge is 0.127 e. The summed E-state index contributed by atoms with van der Waals surface area (Å²) in [6.45, 7) is 11.2. The van der Waals surface area contributed by atoms with Gasteiger partial charge in [-0.25, -0.2) is 0 Å². The van der Waals surface area contributed by atoms with Crippen LogP contribution in [0.4, 0.5) is 0 Å². The van der Waals surface area contributed by atoms with E-state index in [2.05, 4.69) is 46.8 Å². The van der Waals surface area contributed by atoms with Gasteiger partial charge >= 0.3 is 0 Å². The summed E-state index contributed by atoms with van der Waals surface area (Å²) in [5, 5.41) is 20.7. The van der Waals surface area contributed by atoms with E-state index in [0.717, 1.165) is 41.7 Å². The maximum absolute atomic E-state index is 11.0. The van der Waals surface area contributed by atoms with Gasteiger partial charge in [-0.1, -0.05) is 52.5 Å². The summed E-state index contributed by atoms with van der Waals surface area (Å²) in [6.07, 6.45) is 9.95. The zero-order chi connectivity index (χ0) is 20.5. The van der Waals surface area contributed by atoms with Crippen LogP contribution in [0.1, 0.15) is 96.6 Å². The molecule has 0 bridgehead atoms. The Kier molecular flexibility index (Phi) is 6.14. The van der Waals surface area contributed by atoms with Crippen molar-refractivity contribution in [3.05, 3.63) is 34.9 Å². The molecule has 1 aromatic carbocycles. The Balaban J connectivity index is 1.93. The van der Waals surface area contributed by atoms with Gasteiger partial charge in [0.2, 0.25) is 0 Å². The first-order valence-corrected chi connectivity index (χ1v) is 11.0. The molecule has 3 nitrogen and oxygen atoms in total. The minimum atomic E-state index is -0.286. The highest BCUT2D eigenvalue weighted by atomic mass is 16.5. The minimum Gasteiger partial charge on any atom is -0.508 e. The molecule has 2 aliphatic rings. The normalized spacial score (nSPS) is 23.4. The van der Waals surface area contributed by atoms with E-state index in [1.807, 2.05) is 6.07 Å². The van der Waals surface area contributed by atoms with Crippen molar-refractivity contribution < 1.29 is 14.9 Å². The Bertz CT molecular complexity index is 730. The Hall–Kier alpha value is -1.48. The van der Waals surface area contributed by atoms with Crippen LogP contribution in [0.15, 0.2) is 23.8 Å². The van der Waals surface area contributed by atoms with Crippen molar-refractivity contribution in [2.75, 3.05) is 6.61 Å². The van der Waals surface area contributed by atoms with E-state index < -0.39 is 0 Å². The number of phenols is 1. The van der Waals surface area contributed by atoms with Crippen molar-refractivity contribution >= 4 is 0 Å². The quantitative estimate of drug-likeness (QED) is 0.432. The van der Waals surface area contributed by atoms with Crippen LogP contribution in [-0.2, 0) is 5.41 Å². The fourth-order valence-corrected chi connectivity index (χ4v) is 5.12. The Morgan fingerprint density at radius 1 is 1.18 bits per heavy atom. The third-order valence-corrected chi connectivity index (χ3v) is 7.03. The van der Waals surface area contributed by atoms with E-state index >= 15 is 0 Å². The van der Waals surface area contributed by atoms with Crippen LogP contribution in [0.2, 0.25) is 0 Å². The molecule has 1 heterocycles. The number of rotatable bonds is 7. The van der Waals surface area contributed by atoms with Crippen molar-refractivity contribution in [1.82, 2.24) is 0 Å². The second-order valence-electron chi connectivity index (χ2n) is 9.98. The van der Waals surface area contributed by atoms with Gasteiger partial charge in [0, 0.05) is 17.4 Å². The number of ether oxygens (including phenoxy) is 1. The first kappa shape index (κ1) is 21.2. The average molecular weight is 387 g/mol. The summed E-state index contributed by atoms with van der Waals surface area (Å²) >= 11 is 0. The Morgan fingerprint density at radius 3 is 2.61 bits per heavy atom. The van der Waals surface area contributed by atoms with Crippen molar-refractivity contribution in [1.29, 1.82) is 0 Å². The molecule has 0 radical (unpaired) electrons. The lowest BCUT2D eigenvalue weighted by Gasteiger charge is -2.47. The topological polar surface area (TPSA) is 49.7 Å². The number of aliphatic hydroxyl groups is 1. The van der Waals surface area contributed by atoms with Crippen LogP contribution in [0, 0.1) is 5.92 Å². The molecule has 2 N–H and O–H groups in total. The maximum Gasteiger partial charge on any atom is 0.127 e. The number of allylic oxidation sites excluding steroid dienone is 1. The molecule has 1 unspecified atom stereocenters. The van der Waals surface area contributed by atoms with Crippen LogP contribution in [0.25, 0.3) is 0 Å². The molecule has 0 aromatic heterocycles. The van der Waals surface area contributed by atoms with Gasteiger partial charge in [-0.15, -0.1) is 0 Å². The number of unbranched alkanes of at least 4 members (excludes halogenated alkanes) is 3. The van der Waals surface area contributed by atoms with Crippen LogP contribution in [0.3, 0.4) is 0 Å². The van der Waals surface area contributed by atoms with Crippen molar-refractivity contribution in [3.8, 4) is 11.5 Å². The molecule has 156 valence electrons. The van der Waals surface area contributed by atoms with E-state index in [1.54, 1.807) is 0 Å². The van der Waals surface area contributed by atoms with Gasteiger partial charge in [0.05, 0.1) is 6.61 Å².